The molecule has 0 heterocycles. The summed E-state index contributed by atoms with van der Waals surface area (Å²) < 4.78 is 31.1. The van der Waals surface area contributed by atoms with E-state index >= 15 is 8.78 Å². The van der Waals surface area contributed by atoms with Crippen molar-refractivity contribution in [3.63, 3.8) is 0 Å². The van der Waals surface area contributed by atoms with Gasteiger partial charge in [0.15, 0.2) is 0 Å². The van der Waals surface area contributed by atoms with Crippen molar-refractivity contribution in [3.05, 3.63) is 377 Å². The van der Waals surface area contributed by atoms with E-state index in [9.17, 15) is 0 Å². The highest BCUT2D eigenvalue weighted by molar-refractivity contribution is 7.99. The SMILES string of the molecule is C=CC1=CCC(C2(C3CC=C(F)CC3)C3=C(C=CCC3)c3ccc(N(C4=CC(C5C=C(N(C6=CCC(C7=CCCC(C8C=CC=CC8)C7)CC6)C6C=CC7=C(C6)C(C6=CCC(C=C)C=C6)(C6C=CC(F)=CC6)C6C=CC=CC76)C=CC5CC)C(SC)C=C4)C4C=CC(C5C=CC=C(c6ccccc6)C5)=CC4)cc32)C=C1. The van der Waals surface area contributed by atoms with Gasteiger partial charge in [0.1, 0.15) is 5.83 Å². The standard InChI is InChI=1S/C105H110F2N2S/c1-5-70-32-41-81(42-33-70)104(83-45-49-85(106)50-46-83)99-30-16-14-28-93(99)95-61-58-91(68-101(95)104)108(87-53-37-75(38-54-87)79-26-18-24-77(64-79)73-20-10-8-11-21-73)89-57-36-72(7-3)97(66-89)98-67-90(60-63-103(98)110-4)109(88-55-39-76(40-56-88)80-27-19-25-78(65-80)74-22-12-9-13-23-74)92-59-62-96-94-29-15-17-31-100(94)105(102(96)69-92,84-47-51-86(107)52-48-84)82-43-34-71(6-2)35-44-82/h5-6,8-16,19-20,22-23,25-30,32,34-36,39-43,45,49-51,53,55,57-63,66-67,69-70,72-73,75,77,80,82-84,88,91,93,97-99,103H,1-2,7,17-18,21,24,31,33,37-38,44,46-48,52,54,56,64-65,68H2,3-4H3. The van der Waals surface area contributed by atoms with Crippen molar-refractivity contribution in [1.82, 2.24) is 4.90 Å². The number of hydrogen-bond donors (Lipinski definition) is 0. The molecule has 110 heavy (non-hydrogen) atoms. The number of allylic oxidation sites excluding steroid dienone is 45. The summed E-state index contributed by atoms with van der Waals surface area (Å²) in [4.78, 5) is 5.62. The Hall–Kier alpha value is -8.77. The summed E-state index contributed by atoms with van der Waals surface area (Å²) in [5.74, 6) is 4.03. The molecule has 0 radical (unpaired) electrons. The maximum absolute atomic E-state index is 15.6. The third-order valence-corrected chi connectivity index (χ3v) is 30.0. The number of rotatable bonds is 19. The molecule has 0 bridgehead atoms. The Morgan fingerprint density at radius 1 is 0.600 bits per heavy atom. The second-order valence-electron chi connectivity index (χ2n) is 34.3. The lowest BCUT2D eigenvalue weighted by Crippen LogP contribution is -2.44. The van der Waals surface area contributed by atoms with Crippen LogP contribution in [0.2, 0.25) is 0 Å². The van der Waals surface area contributed by atoms with Gasteiger partial charge in [0.25, 0.3) is 0 Å². The molecule has 0 amide bonds. The van der Waals surface area contributed by atoms with Crippen LogP contribution in [0.4, 0.5) is 14.5 Å². The van der Waals surface area contributed by atoms with E-state index in [0.29, 0.717) is 36.5 Å². The van der Waals surface area contributed by atoms with Gasteiger partial charge < -0.3 is 9.80 Å². The average Bonchev–Trinajstić information content (AvgIpc) is 1.54. The van der Waals surface area contributed by atoms with Crippen LogP contribution in [0, 0.1) is 82.3 Å². The molecule has 16 aliphatic rings. The fraction of sp³-hybridized carbons (Fsp3) is 0.371. The second kappa shape index (κ2) is 31.4. The Kier molecular flexibility index (Phi) is 20.8. The molecule has 2 nitrogen and oxygen atoms in total. The van der Waals surface area contributed by atoms with Gasteiger partial charge in [0.2, 0.25) is 0 Å². The van der Waals surface area contributed by atoms with Gasteiger partial charge in [-0.15, -0.1) is 6.58 Å². The van der Waals surface area contributed by atoms with E-state index in [1.807, 2.05) is 30.0 Å². The molecular weight excluding hydrogens is 1360 g/mol. The third-order valence-electron chi connectivity index (χ3n) is 29.0. The summed E-state index contributed by atoms with van der Waals surface area (Å²) in [7, 11) is 0. The number of nitrogens with zero attached hydrogens (tertiary/aromatic N) is 2. The molecule has 18 atom stereocenters. The summed E-state index contributed by atoms with van der Waals surface area (Å²) in [5.41, 5.74) is 21.7. The van der Waals surface area contributed by atoms with Crippen molar-refractivity contribution < 1.29 is 8.78 Å². The largest absolute Gasteiger partial charge is 0.339 e. The van der Waals surface area contributed by atoms with Crippen LogP contribution in [-0.4, -0.2) is 28.5 Å². The molecule has 560 valence electrons. The molecule has 2 aromatic rings. The molecule has 0 N–H and O–H groups in total. The quantitative estimate of drug-likeness (QED) is 0.129. The third kappa shape index (κ3) is 13.2. The number of halogens is 2. The van der Waals surface area contributed by atoms with Crippen LogP contribution >= 0.6 is 11.8 Å². The van der Waals surface area contributed by atoms with Crippen LogP contribution in [0.25, 0.3) is 11.1 Å². The van der Waals surface area contributed by atoms with E-state index in [2.05, 4.69) is 291 Å². The lowest BCUT2D eigenvalue weighted by Gasteiger charge is -2.48. The summed E-state index contributed by atoms with van der Waals surface area (Å²) >= 11 is 2.00. The van der Waals surface area contributed by atoms with E-state index in [4.69, 9.17) is 0 Å². The number of benzene rings is 2. The maximum Gasteiger partial charge on any atom is 0.118 e. The van der Waals surface area contributed by atoms with Crippen LogP contribution in [0.15, 0.2) is 360 Å². The molecule has 18 unspecified atom stereocenters. The smallest absolute Gasteiger partial charge is 0.118 e. The molecule has 2 aromatic carbocycles. The fourth-order valence-electron chi connectivity index (χ4n) is 23.6. The Labute approximate surface area is 660 Å². The highest BCUT2D eigenvalue weighted by Gasteiger charge is 2.59. The van der Waals surface area contributed by atoms with Crippen molar-refractivity contribution in [2.75, 3.05) is 11.2 Å². The van der Waals surface area contributed by atoms with E-state index in [1.54, 1.807) is 17.2 Å². The van der Waals surface area contributed by atoms with Crippen LogP contribution in [-0.2, 0) is 5.41 Å². The summed E-state index contributed by atoms with van der Waals surface area (Å²) in [6.45, 7) is 10.9. The zero-order valence-corrected chi connectivity index (χ0v) is 65.5. The highest BCUT2D eigenvalue weighted by Crippen LogP contribution is 2.67. The van der Waals surface area contributed by atoms with Gasteiger partial charge in [-0.05, 0) is 268 Å². The zero-order chi connectivity index (χ0) is 74.5. The minimum absolute atomic E-state index is 0.0409. The van der Waals surface area contributed by atoms with E-state index in [1.165, 1.54) is 97.7 Å². The molecular formula is C105H110F2N2S. The van der Waals surface area contributed by atoms with Crippen molar-refractivity contribution in [3.8, 4) is 0 Å². The number of fused-ring (bicyclic) bond motifs is 4. The van der Waals surface area contributed by atoms with E-state index < -0.39 is 0 Å². The van der Waals surface area contributed by atoms with Crippen molar-refractivity contribution in [2.24, 2.45) is 82.3 Å². The fourth-order valence-corrected chi connectivity index (χ4v) is 24.4. The Morgan fingerprint density at radius 3 is 2.21 bits per heavy atom. The van der Waals surface area contributed by atoms with Gasteiger partial charge in [0.05, 0.1) is 17.9 Å². The number of anilines is 1. The normalized spacial score (nSPS) is 35.0. The molecule has 5 heteroatoms. The maximum atomic E-state index is 15.6. The summed E-state index contributed by atoms with van der Waals surface area (Å²) in [5, 5.41) is 0.241. The second-order valence-corrected chi connectivity index (χ2v) is 35.3. The summed E-state index contributed by atoms with van der Waals surface area (Å²) in [6.07, 6.45) is 112. The van der Waals surface area contributed by atoms with Gasteiger partial charge in [-0.25, -0.2) is 8.78 Å². The lowest BCUT2D eigenvalue weighted by molar-refractivity contribution is 0.216. The molecule has 0 aliphatic heterocycles. The molecule has 18 rings (SSSR count). The predicted octanol–water partition coefficient (Wildman–Crippen LogP) is 26.9. The number of thioether (sulfide) groups is 1. The van der Waals surface area contributed by atoms with Gasteiger partial charge >= 0.3 is 0 Å². The topological polar surface area (TPSA) is 6.48 Å². The minimum atomic E-state index is -0.369. The first-order valence-corrected chi connectivity index (χ1v) is 43.6. The molecule has 16 aliphatic carbocycles. The van der Waals surface area contributed by atoms with Gasteiger partial charge in [0, 0.05) is 62.5 Å². The zero-order valence-electron chi connectivity index (χ0n) is 64.7. The van der Waals surface area contributed by atoms with E-state index in [-0.39, 0.29) is 93.1 Å². The average molecular weight is 1470 g/mol. The molecule has 0 saturated heterocycles. The Bertz CT molecular complexity index is 4840. The van der Waals surface area contributed by atoms with E-state index in [0.717, 1.165) is 89.9 Å². The van der Waals surface area contributed by atoms with Gasteiger partial charge in [-0.2, -0.15) is 11.8 Å². The predicted molar refractivity (Wildman–Crippen MR) is 461 cm³/mol. The lowest BCUT2D eigenvalue weighted by atomic mass is 9.55. The molecule has 0 saturated carbocycles. The van der Waals surface area contributed by atoms with Gasteiger partial charge in [-0.3, -0.25) is 0 Å². The summed E-state index contributed by atoms with van der Waals surface area (Å²) in [6, 6.07) is 18.7. The Balaban J connectivity index is 0.747. The Morgan fingerprint density at radius 2 is 1.45 bits per heavy atom. The van der Waals surface area contributed by atoms with Crippen molar-refractivity contribution >= 4 is 28.6 Å². The molecule has 0 spiro atoms. The van der Waals surface area contributed by atoms with Crippen LogP contribution < -0.4 is 4.90 Å². The molecule has 0 aromatic heterocycles. The van der Waals surface area contributed by atoms with Crippen LogP contribution in [0.3, 0.4) is 0 Å². The van der Waals surface area contributed by atoms with Crippen LogP contribution in [0.5, 0.6) is 0 Å². The first-order chi connectivity index (χ1) is 54.1. The monoisotopic (exact) mass is 1470 g/mol. The highest BCUT2D eigenvalue weighted by atomic mass is 32.2. The van der Waals surface area contributed by atoms with Crippen molar-refractivity contribution in [1.29, 1.82) is 0 Å². The minimum Gasteiger partial charge on any atom is -0.339 e. The van der Waals surface area contributed by atoms with Crippen LogP contribution in [0.1, 0.15) is 146 Å². The first-order valence-electron chi connectivity index (χ1n) is 42.3. The molecule has 0 fully saturated rings. The van der Waals surface area contributed by atoms with Crippen molar-refractivity contribution in [2.45, 2.75) is 152 Å². The first kappa shape index (κ1) is 72.8. The van der Waals surface area contributed by atoms with Gasteiger partial charge in [-0.1, -0.05) is 273 Å². The number of hydrogen-bond acceptors (Lipinski definition) is 3.